The van der Waals surface area contributed by atoms with Crippen LogP contribution in [0.4, 0.5) is 0 Å². The fourth-order valence-electron chi connectivity index (χ4n) is 3.63. The van der Waals surface area contributed by atoms with Crippen LogP contribution in [0.2, 0.25) is 0 Å². The average Bonchev–Trinajstić information content (AvgIpc) is 3.10. The lowest BCUT2D eigenvalue weighted by atomic mass is 9.95. The first-order chi connectivity index (χ1) is 12.6. The van der Waals surface area contributed by atoms with Gasteiger partial charge in [-0.25, -0.2) is 4.98 Å². The quantitative estimate of drug-likeness (QED) is 0.780. The van der Waals surface area contributed by atoms with Gasteiger partial charge in [0.25, 0.3) is 5.91 Å². The lowest BCUT2D eigenvalue weighted by molar-refractivity contribution is 0.0711. The molecule has 1 aromatic heterocycles. The van der Waals surface area contributed by atoms with Gasteiger partial charge in [0, 0.05) is 24.6 Å². The van der Waals surface area contributed by atoms with Gasteiger partial charge in [0.15, 0.2) is 0 Å². The number of amides is 1. The molecule has 0 aliphatic carbocycles. The molecule has 0 saturated carbocycles. The molecule has 1 aliphatic heterocycles. The molecule has 4 rings (SSSR count). The highest BCUT2D eigenvalue weighted by molar-refractivity contribution is 5.94. The van der Waals surface area contributed by atoms with E-state index >= 15 is 0 Å². The van der Waals surface area contributed by atoms with Gasteiger partial charge in [0.05, 0.1) is 18.1 Å². The predicted octanol–water partition coefficient (Wildman–Crippen LogP) is 3.90. The molecule has 1 N–H and O–H groups in total. The molecule has 0 spiro atoms. The number of nitrogens with zero attached hydrogens (tertiary/aromatic N) is 2. The summed E-state index contributed by atoms with van der Waals surface area (Å²) < 4.78 is 5.22. The van der Waals surface area contributed by atoms with Crippen molar-refractivity contribution in [3.63, 3.8) is 0 Å². The number of imidazole rings is 1. The molecule has 134 valence electrons. The molecule has 26 heavy (non-hydrogen) atoms. The Hall–Kier alpha value is -2.82. The molecule has 0 atom stereocenters. The van der Waals surface area contributed by atoms with E-state index in [9.17, 15) is 4.79 Å². The van der Waals surface area contributed by atoms with Crippen LogP contribution < -0.4 is 4.74 Å². The van der Waals surface area contributed by atoms with E-state index in [0.717, 1.165) is 42.8 Å². The summed E-state index contributed by atoms with van der Waals surface area (Å²) in [5.74, 6) is 2.20. The number of nitrogens with one attached hydrogen (secondary N) is 1. The highest BCUT2D eigenvalue weighted by Crippen LogP contribution is 2.29. The van der Waals surface area contributed by atoms with Crippen molar-refractivity contribution >= 4 is 16.9 Å². The predicted molar refractivity (Wildman–Crippen MR) is 102 cm³/mol. The normalized spacial score (nSPS) is 15.4. The topological polar surface area (TPSA) is 58.2 Å². The van der Waals surface area contributed by atoms with Crippen molar-refractivity contribution in [1.82, 2.24) is 14.9 Å². The van der Waals surface area contributed by atoms with E-state index in [1.165, 1.54) is 5.56 Å². The number of carbonyl (C=O) groups excluding carboxylic acids is 1. The Kier molecular flexibility index (Phi) is 4.37. The van der Waals surface area contributed by atoms with E-state index in [1.54, 1.807) is 13.2 Å². The third-order valence-corrected chi connectivity index (χ3v) is 5.14. The molecule has 1 fully saturated rings. The van der Waals surface area contributed by atoms with Gasteiger partial charge in [-0.15, -0.1) is 0 Å². The summed E-state index contributed by atoms with van der Waals surface area (Å²) in [5.41, 5.74) is 4.02. The number of likely N-dealkylation sites (tertiary alicyclic amines) is 1. The molecule has 3 aromatic rings. The molecule has 2 heterocycles. The second kappa shape index (κ2) is 6.83. The van der Waals surface area contributed by atoms with E-state index in [4.69, 9.17) is 9.72 Å². The lowest BCUT2D eigenvalue weighted by Gasteiger charge is -2.31. The van der Waals surface area contributed by atoms with Crippen LogP contribution in [0.1, 0.15) is 40.5 Å². The van der Waals surface area contributed by atoms with Crippen molar-refractivity contribution in [1.29, 1.82) is 0 Å². The van der Waals surface area contributed by atoms with E-state index in [2.05, 4.69) is 30.1 Å². The minimum atomic E-state index is 0.0718. The Morgan fingerprint density at radius 3 is 2.77 bits per heavy atom. The maximum atomic E-state index is 12.7. The molecule has 0 bridgehead atoms. The fraction of sp³-hybridized carbons (Fsp3) is 0.333. The van der Waals surface area contributed by atoms with Crippen molar-refractivity contribution in [2.24, 2.45) is 0 Å². The molecule has 0 radical (unpaired) electrons. The Morgan fingerprint density at radius 1 is 1.19 bits per heavy atom. The third kappa shape index (κ3) is 3.17. The molecule has 0 unspecified atom stereocenters. The number of H-pyrrole nitrogens is 1. The molecule has 1 saturated heterocycles. The van der Waals surface area contributed by atoms with E-state index in [0.29, 0.717) is 17.2 Å². The van der Waals surface area contributed by atoms with Crippen molar-refractivity contribution in [3.05, 3.63) is 59.4 Å². The summed E-state index contributed by atoms with van der Waals surface area (Å²) in [5, 5.41) is 0. The van der Waals surface area contributed by atoms with Crippen molar-refractivity contribution in [3.8, 4) is 5.75 Å². The Balaban J connectivity index is 1.45. The zero-order valence-corrected chi connectivity index (χ0v) is 15.2. The van der Waals surface area contributed by atoms with Crippen LogP contribution in [0.3, 0.4) is 0 Å². The van der Waals surface area contributed by atoms with Crippen molar-refractivity contribution in [2.75, 3.05) is 20.2 Å². The fourth-order valence-corrected chi connectivity index (χ4v) is 3.63. The third-order valence-electron chi connectivity index (χ3n) is 5.14. The number of ether oxygens (including phenoxy) is 1. The minimum absolute atomic E-state index is 0.0718. The molecule has 1 amide bonds. The Labute approximate surface area is 153 Å². The van der Waals surface area contributed by atoms with Gasteiger partial charge in [-0.05, 0) is 55.7 Å². The average molecular weight is 349 g/mol. The second-order valence-electron chi connectivity index (χ2n) is 6.94. The summed E-state index contributed by atoms with van der Waals surface area (Å²) in [6.45, 7) is 3.58. The van der Waals surface area contributed by atoms with Crippen LogP contribution in [0.5, 0.6) is 5.75 Å². The zero-order chi connectivity index (χ0) is 18.1. The summed E-state index contributed by atoms with van der Waals surface area (Å²) in [4.78, 5) is 22.9. The number of fused-ring (bicyclic) bond motifs is 1. The van der Waals surface area contributed by atoms with E-state index in [1.807, 2.05) is 23.1 Å². The van der Waals surface area contributed by atoms with Gasteiger partial charge in [-0.3, -0.25) is 4.79 Å². The number of aryl methyl sites for hydroxylation is 1. The number of aromatic nitrogens is 2. The molecule has 2 aromatic carbocycles. The monoisotopic (exact) mass is 349 g/mol. The molecular weight excluding hydrogens is 326 g/mol. The van der Waals surface area contributed by atoms with Gasteiger partial charge in [0.1, 0.15) is 11.6 Å². The van der Waals surface area contributed by atoms with Gasteiger partial charge >= 0.3 is 0 Å². The molecule has 5 heteroatoms. The van der Waals surface area contributed by atoms with Gasteiger partial charge < -0.3 is 14.6 Å². The van der Waals surface area contributed by atoms with E-state index < -0.39 is 0 Å². The minimum Gasteiger partial charge on any atom is -0.497 e. The number of methoxy groups -OCH3 is 1. The highest BCUT2D eigenvalue weighted by Gasteiger charge is 2.26. The number of rotatable bonds is 3. The number of benzene rings is 2. The van der Waals surface area contributed by atoms with Crippen LogP contribution in [0, 0.1) is 6.92 Å². The van der Waals surface area contributed by atoms with Crippen LogP contribution >= 0.6 is 0 Å². The zero-order valence-electron chi connectivity index (χ0n) is 15.2. The molecular formula is C21H23N3O2. The summed E-state index contributed by atoms with van der Waals surface area (Å²) in [7, 11) is 1.61. The van der Waals surface area contributed by atoms with Gasteiger partial charge in [0.2, 0.25) is 0 Å². The summed E-state index contributed by atoms with van der Waals surface area (Å²) in [6, 6.07) is 13.6. The van der Waals surface area contributed by atoms with Crippen molar-refractivity contribution in [2.45, 2.75) is 25.7 Å². The Morgan fingerprint density at radius 2 is 2.00 bits per heavy atom. The van der Waals surface area contributed by atoms with Gasteiger partial charge in [-0.2, -0.15) is 0 Å². The van der Waals surface area contributed by atoms with Crippen LogP contribution in [-0.2, 0) is 0 Å². The maximum Gasteiger partial charge on any atom is 0.253 e. The smallest absolute Gasteiger partial charge is 0.253 e. The first-order valence-corrected chi connectivity index (χ1v) is 9.03. The van der Waals surface area contributed by atoms with Crippen molar-refractivity contribution < 1.29 is 9.53 Å². The largest absolute Gasteiger partial charge is 0.497 e. The number of aromatic amines is 1. The second-order valence-corrected chi connectivity index (χ2v) is 6.94. The number of carbonyl (C=O) groups is 1. The maximum absolute atomic E-state index is 12.7. The number of hydrogen-bond donors (Lipinski definition) is 1. The summed E-state index contributed by atoms with van der Waals surface area (Å²) >= 11 is 0. The number of hydrogen-bond acceptors (Lipinski definition) is 3. The van der Waals surface area contributed by atoms with Gasteiger partial charge in [-0.1, -0.05) is 12.1 Å². The highest BCUT2D eigenvalue weighted by atomic mass is 16.5. The Bertz CT molecular complexity index is 939. The first-order valence-electron chi connectivity index (χ1n) is 9.03. The standard InChI is InChI=1S/C21H23N3O2/c1-14-6-7-18-19(12-14)23-20(22-18)15-8-10-24(11-9-15)21(25)16-4-3-5-17(13-16)26-2/h3-7,12-13,15H,8-11H2,1-2H3,(H,22,23). The lowest BCUT2D eigenvalue weighted by Crippen LogP contribution is -2.38. The van der Waals surface area contributed by atoms with Crippen LogP contribution in [-0.4, -0.2) is 41.0 Å². The molecule has 5 nitrogen and oxygen atoms in total. The molecule has 1 aliphatic rings. The number of piperidine rings is 1. The summed E-state index contributed by atoms with van der Waals surface area (Å²) in [6.07, 6.45) is 1.85. The van der Waals surface area contributed by atoms with E-state index in [-0.39, 0.29) is 5.91 Å². The van der Waals surface area contributed by atoms with Crippen LogP contribution in [0.25, 0.3) is 11.0 Å². The van der Waals surface area contributed by atoms with Crippen LogP contribution in [0.15, 0.2) is 42.5 Å². The SMILES string of the molecule is COc1cccc(C(=O)N2CCC(c3nc4ccc(C)cc4[nH]3)CC2)c1. The first kappa shape index (κ1) is 16.6.